The standard InChI is InChI=1S/C8H9NOS/c1-6-9-5-3-2-4-7(9)8(11)10-6/h3-6H,2H2,1H3. The van der Waals surface area contributed by atoms with Gasteiger partial charge in [-0.05, 0) is 25.6 Å². The average Bonchev–Trinajstić information content (AvgIpc) is 2.30. The first-order valence-electron chi connectivity index (χ1n) is 3.65. The Hall–Kier alpha value is -0.830. The summed E-state index contributed by atoms with van der Waals surface area (Å²) >= 11 is 5.03. The third-order valence-electron chi connectivity index (χ3n) is 1.87. The number of rotatable bonds is 0. The van der Waals surface area contributed by atoms with Crippen molar-refractivity contribution >= 4 is 17.3 Å². The van der Waals surface area contributed by atoms with Crippen LogP contribution in [0.15, 0.2) is 24.0 Å². The van der Waals surface area contributed by atoms with Crippen molar-refractivity contribution in [2.45, 2.75) is 19.6 Å². The zero-order valence-corrected chi connectivity index (χ0v) is 7.10. The SMILES string of the molecule is CC1OC(=S)C2=CCC=CN21. The van der Waals surface area contributed by atoms with Crippen LogP contribution in [0.2, 0.25) is 0 Å². The highest BCUT2D eigenvalue weighted by Gasteiger charge is 2.29. The Kier molecular flexibility index (Phi) is 1.46. The summed E-state index contributed by atoms with van der Waals surface area (Å²) in [6.07, 6.45) is 7.25. The van der Waals surface area contributed by atoms with Crippen LogP contribution >= 0.6 is 12.2 Å². The highest BCUT2D eigenvalue weighted by Crippen LogP contribution is 2.26. The van der Waals surface area contributed by atoms with Crippen molar-refractivity contribution in [2.24, 2.45) is 0 Å². The lowest BCUT2D eigenvalue weighted by atomic mass is 10.2. The molecule has 2 nitrogen and oxygen atoms in total. The fraction of sp³-hybridized carbons (Fsp3) is 0.375. The Labute approximate surface area is 71.1 Å². The van der Waals surface area contributed by atoms with Crippen molar-refractivity contribution in [3.8, 4) is 0 Å². The molecule has 0 saturated carbocycles. The summed E-state index contributed by atoms with van der Waals surface area (Å²) in [6, 6.07) is 0. The normalized spacial score (nSPS) is 28.1. The van der Waals surface area contributed by atoms with Gasteiger partial charge < -0.3 is 9.64 Å². The largest absolute Gasteiger partial charge is 0.458 e. The van der Waals surface area contributed by atoms with Crippen molar-refractivity contribution in [1.82, 2.24) is 4.90 Å². The van der Waals surface area contributed by atoms with Gasteiger partial charge in [-0.2, -0.15) is 0 Å². The molecule has 0 N–H and O–H groups in total. The molecule has 0 aromatic carbocycles. The third kappa shape index (κ3) is 0.959. The Morgan fingerprint density at radius 3 is 3.27 bits per heavy atom. The lowest BCUT2D eigenvalue weighted by Gasteiger charge is -2.18. The van der Waals surface area contributed by atoms with E-state index in [4.69, 9.17) is 17.0 Å². The molecule has 2 aliphatic rings. The molecule has 3 heteroatoms. The minimum absolute atomic E-state index is 0.0744. The molecule has 1 unspecified atom stereocenters. The fourth-order valence-electron chi connectivity index (χ4n) is 1.32. The molecule has 0 aromatic heterocycles. The second-order valence-electron chi connectivity index (χ2n) is 2.62. The lowest BCUT2D eigenvalue weighted by molar-refractivity contribution is 0.141. The highest BCUT2D eigenvalue weighted by molar-refractivity contribution is 7.80. The Morgan fingerprint density at radius 1 is 1.73 bits per heavy atom. The predicted molar refractivity (Wildman–Crippen MR) is 46.8 cm³/mol. The number of allylic oxidation sites excluding steroid dienone is 2. The number of nitrogens with zero attached hydrogens (tertiary/aromatic N) is 1. The molecule has 58 valence electrons. The Balaban J connectivity index is 2.34. The summed E-state index contributed by atoms with van der Waals surface area (Å²) in [5, 5.41) is 0.627. The minimum Gasteiger partial charge on any atom is -0.458 e. The molecule has 1 saturated heterocycles. The number of hydrogen-bond acceptors (Lipinski definition) is 3. The van der Waals surface area contributed by atoms with Crippen LogP contribution in [0.1, 0.15) is 13.3 Å². The molecule has 2 rings (SSSR count). The van der Waals surface area contributed by atoms with E-state index < -0.39 is 0 Å². The van der Waals surface area contributed by atoms with Crippen LogP contribution < -0.4 is 0 Å². The lowest BCUT2D eigenvalue weighted by Crippen LogP contribution is -2.21. The van der Waals surface area contributed by atoms with Gasteiger partial charge in [0.05, 0.1) is 5.70 Å². The molecule has 0 amide bonds. The smallest absolute Gasteiger partial charge is 0.210 e. The maximum absolute atomic E-state index is 5.35. The zero-order chi connectivity index (χ0) is 7.84. The summed E-state index contributed by atoms with van der Waals surface area (Å²) in [6.45, 7) is 1.99. The second kappa shape index (κ2) is 2.34. The van der Waals surface area contributed by atoms with Gasteiger partial charge in [0, 0.05) is 6.20 Å². The van der Waals surface area contributed by atoms with Crippen molar-refractivity contribution in [3.63, 3.8) is 0 Å². The molecule has 0 bridgehead atoms. The molecule has 0 radical (unpaired) electrons. The molecule has 0 aliphatic carbocycles. The summed E-state index contributed by atoms with van der Waals surface area (Å²) < 4.78 is 5.35. The summed E-state index contributed by atoms with van der Waals surface area (Å²) in [7, 11) is 0. The highest BCUT2D eigenvalue weighted by atomic mass is 32.1. The van der Waals surface area contributed by atoms with Crippen LogP contribution in [0, 0.1) is 0 Å². The van der Waals surface area contributed by atoms with Crippen LogP contribution in [0.3, 0.4) is 0 Å². The Morgan fingerprint density at radius 2 is 2.55 bits per heavy atom. The van der Waals surface area contributed by atoms with Gasteiger partial charge in [-0.15, -0.1) is 0 Å². The van der Waals surface area contributed by atoms with Crippen LogP contribution in [-0.4, -0.2) is 16.2 Å². The molecule has 11 heavy (non-hydrogen) atoms. The molecule has 1 fully saturated rings. The number of thiocarbonyl (C=S) groups is 1. The van der Waals surface area contributed by atoms with E-state index in [1.165, 1.54) is 0 Å². The van der Waals surface area contributed by atoms with Gasteiger partial charge in [0.2, 0.25) is 5.05 Å². The summed E-state index contributed by atoms with van der Waals surface area (Å²) in [5.41, 5.74) is 1.05. The third-order valence-corrected chi connectivity index (χ3v) is 2.18. The van der Waals surface area contributed by atoms with Crippen molar-refractivity contribution in [1.29, 1.82) is 0 Å². The predicted octanol–water partition coefficient (Wildman–Crippen LogP) is 1.79. The maximum Gasteiger partial charge on any atom is 0.210 e. The van der Waals surface area contributed by atoms with Crippen LogP contribution in [0.25, 0.3) is 0 Å². The first-order chi connectivity index (χ1) is 5.29. The molecule has 0 spiro atoms. The van der Waals surface area contributed by atoms with Gasteiger partial charge in [-0.25, -0.2) is 0 Å². The molecular formula is C8H9NOS. The van der Waals surface area contributed by atoms with Crippen LogP contribution in [-0.2, 0) is 4.74 Å². The van der Waals surface area contributed by atoms with Gasteiger partial charge in [-0.1, -0.05) is 12.2 Å². The van der Waals surface area contributed by atoms with E-state index in [-0.39, 0.29) is 6.23 Å². The van der Waals surface area contributed by atoms with E-state index in [1.807, 2.05) is 18.0 Å². The van der Waals surface area contributed by atoms with E-state index >= 15 is 0 Å². The van der Waals surface area contributed by atoms with Gasteiger partial charge in [-0.3, -0.25) is 0 Å². The molecule has 0 aromatic rings. The van der Waals surface area contributed by atoms with Crippen LogP contribution in [0.4, 0.5) is 0 Å². The Bertz CT molecular complexity index is 257. The second-order valence-corrected chi connectivity index (χ2v) is 2.99. The summed E-state index contributed by atoms with van der Waals surface area (Å²) in [4.78, 5) is 2.05. The molecule has 2 heterocycles. The van der Waals surface area contributed by atoms with E-state index in [0.717, 1.165) is 12.1 Å². The molecule has 1 atom stereocenters. The first-order valence-corrected chi connectivity index (χ1v) is 4.06. The van der Waals surface area contributed by atoms with Gasteiger partial charge in [0.15, 0.2) is 6.23 Å². The number of hydrogen-bond donors (Lipinski definition) is 0. The van der Waals surface area contributed by atoms with E-state index in [2.05, 4.69) is 12.2 Å². The van der Waals surface area contributed by atoms with E-state index in [0.29, 0.717) is 5.05 Å². The van der Waals surface area contributed by atoms with Gasteiger partial charge >= 0.3 is 0 Å². The fourth-order valence-corrected chi connectivity index (χ4v) is 1.65. The maximum atomic E-state index is 5.35. The van der Waals surface area contributed by atoms with Gasteiger partial charge in [0.1, 0.15) is 0 Å². The summed E-state index contributed by atoms with van der Waals surface area (Å²) in [5.74, 6) is 0. The molecular weight excluding hydrogens is 158 g/mol. The van der Waals surface area contributed by atoms with Crippen molar-refractivity contribution < 1.29 is 4.74 Å². The number of fused-ring (bicyclic) bond motifs is 1. The molecule has 2 aliphatic heterocycles. The number of ether oxygens (including phenoxy) is 1. The minimum atomic E-state index is 0.0744. The first kappa shape index (κ1) is 6.85. The van der Waals surface area contributed by atoms with Gasteiger partial charge in [0.25, 0.3) is 0 Å². The topological polar surface area (TPSA) is 12.5 Å². The van der Waals surface area contributed by atoms with E-state index in [9.17, 15) is 0 Å². The quantitative estimate of drug-likeness (QED) is 0.510. The van der Waals surface area contributed by atoms with Crippen LogP contribution in [0.5, 0.6) is 0 Å². The van der Waals surface area contributed by atoms with E-state index in [1.54, 1.807) is 0 Å². The monoisotopic (exact) mass is 167 g/mol. The zero-order valence-electron chi connectivity index (χ0n) is 6.28. The van der Waals surface area contributed by atoms with Crippen molar-refractivity contribution in [2.75, 3.05) is 0 Å². The average molecular weight is 167 g/mol. The van der Waals surface area contributed by atoms with Crippen molar-refractivity contribution in [3.05, 3.63) is 24.0 Å².